The summed E-state index contributed by atoms with van der Waals surface area (Å²) in [6.07, 6.45) is 0.740. The molecule has 0 saturated heterocycles. The summed E-state index contributed by atoms with van der Waals surface area (Å²) in [6, 6.07) is 2.82. The fraction of sp³-hybridized carbons (Fsp3) is 0.417. The fourth-order valence-corrected chi connectivity index (χ4v) is 2.44. The van der Waals surface area contributed by atoms with Gasteiger partial charge >= 0.3 is 11.9 Å². The lowest BCUT2D eigenvalue weighted by Crippen LogP contribution is -2.20. The maximum absolute atomic E-state index is 11.7. The van der Waals surface area contributed by atoms with Crippen molar-refractivity contribution in [2.75, 3.05) is 17.1 Å². The zero-order valence-corrected chi connectivity index (χ0v) is 12.2. The van der Waals surface area contributed by atoms with Gasteiger partial charge in [-0.1, -0.05) is 0 Å². The predicted molar refractivity (Wildman–Crippen MR) is 74.2 cm³/mol. The zero-order valence-electron chi connectivity index (χ0n) is 11.4. The number of rotatable bonds is 8. The van der Waals surface area contributed by atoms with E-state index < -0.39 is 27.7 Å². The number of esters is 1. The molecule has 1 aromatic heterocycles. The van der Waals surface area contributed by atoms with Crippen LogP contribution >= 0.6 is 0 Å². The molecule has 0 fully saturated rings. The largest absolute Gasteiger partial charge is 0.481 e. The number of carboxylic acids is 1. The van der Waals surface area contributed by atoms with E-state index in [1.165, 1.54) is 18.3 Å². The van der Waals surface area contributed by atoms with Crippen LogP contribution in [0.25, 0.3) is 0 Å². The van der Waals surface area contributed by atoms with E-state index in [1.807, 2.05) is 0 Å². The SMILES string of the molecule is CCOC(=O)CCS(=O)(=O)Nc1ccc(CC(=O)O)nc1. The third-order valence-electron chi connectivity index (χ3n) is 2.31. The number of anilines is 1. The number of nitrogens with zero attached hydrogens (tertiary/aromatic N) is 1. The molecular formula is C12H16N2O6S. The van der Waals surface area contributed by atoms with Gasteiger partial charge in [0, 0.05) is 0 Å². The summed E-state index contributed by atoms with van der Waals surface area (Å²) in [5.41, 5.74) is 0.518. The van der Waals surface area contributed by atoms with Crippen molar-refractivity contribution >= 4 is 27.6 Å². The fourth-order valence-electron chi connectivity index (χ4n) is 1.43. The monoisotopic (exact) mass is 316 g/mol. The average molecular weight is 316 g/mol. The summed E-state index contributed by atoms with van der Waals surface area (Å²) in [7, 11) is -3.69. The Morgan fingerprint density at radius 2 is 2.10 bits per heavy atom. The molecule has 0 aliphatic carbocycles. The quantitative estimate of drug-likeness (QED) is 0.665. The van der Waals surface area contributed by atoms with Crippen LogP contribution < -0.4 is 4.72 Å². The first-order valence-electron chi connectivity index (χ1n) is 6.15. The van der Waals surface area contributed by atoms with Gasteiger partial charge in [0.15, 0.2) is 0 Å². The lowest BCUT2D eigenvalue weighted by Gasteiger charge is -2.08. The number of hydrogen-bond donors (Lipinski definition) is 2. The van der Waals surface area contributed by atoms with Gasteiger partial charge in [-0.25, -0.2) is 8.42 Å². The van der Waals surface area contributed by atoms with E-state index in [-0.39, 0.29) is 25.1 Å². The molecule has 9 heteroatoms. The summed E-state index contributed by atoms with van der Waals surface area (Å²) < 4.78 is 30.4. The van der Waals surface area contributed by atoms with E-state index >= 15 is 0 Å². The topological polar surface area (TPSA) is 123 Å². The maximum Gasteiger partial charge on any atom is 0.309 e. The first-order chi connectivity index (χ1) is 9.82. The van der Waals surface area contributed by atoms with Crippen molar-refractivity contribution < 1.29 is 27.9 Å². The number of ether oxygens (including phenoxy) is 1. The molecule has 2 N–H and O–H groups in total. The van der Waals surface area contributed by atoms with Crippen molar-refractivity contribution in [3.05, 3.63) is 24.0 Å². The number of sulfonamides is 1. The molecule has 0 aliphatic rings. The van der Waals surface area contributed by atoms with Gasteiger partial charge in [-0.3, -0.25) is 19.3 Å². The first kappa shape index (κ1) is 16.9. The third-order valence-corrected chi connectivity index (χ3v) is 3.60. The van der Waals surface area contributed by atoms with Crippen LogP contribution in [0.4, 0.5) is 5.69 Å². The summed E-state index contributed by atoms with van der Waals surface area (Å²) in [5, 5.41) is 8.59. The molecule has 21 heavy (non-hydrogen) atoms. The molecule has 0 saturated carbocycles. The lowest BCUT2D eigenvalue weighted by atomic mass is 10.3. The molecule has 0 radical (unpaired) electrons. The Kier molecular flexibility index (Phi) is 6.10. The molecule has 1 rings (SSSR count). The molecule has 8 nitrogen and oxygen atoms in total. The minimum absolute atomic E-state index is 0.196. The number of hydrogen-bond acceptors (Lipinski definition) is 6. The molecule has 116 valence electrons. The Balaban J connectivity index is 2.58. The normalized spacial score (nSPS) is 10.9. The molecule has 0 amide bonds. The molecule has 1 heterocycles. The smallest absolute Gasteiger partial charge is 0.309 e. The Morgan fingerprint density at radius 1 is 1.38 bits per heavy atom. The maximum atomic E-state index is 11.7. The number of pyridine rings is 1. The Bertz CT molecular complexity index is 597. The second kappa shape index (κ2) is 7.58. The van der Waals surface area contributed by atoms with Crippen LogP contribution in [0.5, 0.6) is 0 Å². The van der Waals surface area contributed by atoms with Crippen LogP contribution in [0, 0.1) is 0 Å². The van der Waals surface area contributed by atoms with Crippen molar-refractivity contribution in [1.29, 1.82) is 0 Å². The molecule has 0 spiro atoms. The Morgan fingerprint density at radius 3 is 2.62 bits per heavy atom. The minimum atomic E-state index is -3.69. The van der Waals surface area contributed by atoms with Gasteiger partial charge in [-0.15, -0.1) is 0 Å². The highest BCUT2D eigenvalue weighted by Gasteiger charge is 2.14. The van der Waals surface area contributed by atoms with Crippen LogP contribution in [0.2, 0.25) is 0 Å². The van der Waals surface area contributed by atoms with Crippen LogP contribution in [-0.4, -0.2) is 42.8 Å². The van der Waals surface area contributed by atoms with E-state index in [2.05, 4.69) is 14.4 Å². The number of carbonyl (C=O) groups is 2. The second-order valence-electron chi connectivity index (χ2n) is 4.08. The zero-order chi connectivity index (χ0) is 15.9. The van der Waals surface area contributed by atoms with Crippen molar-refractivity contribution in [3.63, 3.8) is 0 Å². The molecule has 0 aliphatic heterocycles. The number of aromatic nitrogens is 1. The summed E-state index contributed by atoms with van der Waals surface area (Å²) in [5.74, 6) is -2.01. The van der Waals surface area contributed by atoms with Crippen molar-refractivity contribution in [3.8, 4) is 0 Å². The highest BCUT2D eigenvalue weighted by atomic mass is 32.2. The first-order valence-corrected chi connectivity index (χ1v) is 7.80. The standard InChI is InChI=1S/C12H16N2O6S/c1-2-20-12(17)5-6-21(18,19)14-10-4-3-9(13-8-10)7-11(15)16/h3-4,8,14H,2,5-7H2,1H3,(H,15,16). The highest BCUT2D eigenvalue weighted by molar-refractivity contribution is 7.92. The van der Waals surface area contributed by atoms with Gasteiger partial charge < -0.3 is 9.84 Å². The van der Waals surface area contributed by atoms with Gasteiger partial charge in [0.2, 0.25) is 10.0 Å². The van der Waals surface area contributed by atoms with Gasteiger partial charge in [0.1, 0.15) is 0 Å². The molecule has 0 bridgehead atoms. The summed E-state index contributed by atoms with van der Waals surface area (Å²) >= 11 is 0. The molecule has 1 aromatic rings. The van der Waals surface area contributed by atoms with Crippen molar-refractivity contribution in [1.82, 2.24) is 4.98 Å². The predicted octanol–water partition coefficient (Wildman–Crippen LogP) is 0.404. The highest BCUT2D eigenvalue weighted by Crippen LogP contribution is 2.10. The van der Waals surface area contributed by atoms with Crippen molar-refractivity contribution in [2.45, 2.75) is 19.8 Å². The number of nitrogens with one attached hydrogen (secondary N) is 1. The van der Waals surface area contributed by atoms with Crippen molar-refractivity contribution in [2.24, 2.45) is 0 Å². The van der Waals surface area contributed by atoms with Crippen LogP contribution in [0.1, 0.15) is 19.0 Å². The van der Waals surface area contributed by atoms with Gasteiger partial charge in [0.05, 0.1) is 42.8 Å². The van der Waals surface area contributed by atoms with Crippen LogP contribution in [0.15, 0.2) is 18.3 Å². The minimum Gasteiger partial charge on any atom is -0.481 e. The number of carboxylic acid groups (broad SMARTS) is 1. The van der Waals surface area contributed by atoms with Gasteiger partial charge in [-0.2, -0.15) is 0 Å². The van der Waals surface area contributed by atoms with E-state index in [0.717, 1.165) is 0 Å². The molecule has 0 unspecified atom stereocenters. The Labute approximate surface area is 122 Å². The van der Waals surface area contributed by atoms with Gasteiger partial charge in [0.25, 0.3) is 0 Å². The van der Waals surface area contributed by atoms with E-state index in [0.29, 0.717) is 5.69 Å². The van der Waals surface area contributed by atoms with Gasteiger partial charge in [-0.05, 0) is 19.1 Å². The third kappa shape index (κ3) is 6.70. The molecule has 0 aromatic carbocycles. The number of carbonyl (C=O) groups excluding carboxylic acids is 1. The van der Waals surface area contributed by atoms with E-state index in [1.54, 1.807) is 6.92 Å². The molecular weight excluding hydrogens is 300 g/mol. The summed E-state index contributed by atoms with van der Waals surface area (Å²) in [4.78, 5) is 25.4. The van der Waals surface area contributed by atoms with Crippen LogP contribution in [-0.2, 0) is 30.8 Å². The average Bonchev–Trinajstić information content (AvgIpc) is 2.38. The second-order valence-corrected chi connectivity index (χ2v) is 5.93. The summed E-state index contributed by atoms with van der Waals surface area (Å²) in [6.45, 7) is 1.83. The molecule has 0 atom stereocenters. The lowest BCUT2D eigenvalue weighted by molar-refractivity contribution is -0.142. The number of aliphatic carboxylic acids is 1. The van der Waals surface area contributed by atoms with E-state index in [9.17, 15) is 18.0 Å². The van der Waals surface area contributed by atoms with Crippen LogP contribution in [0.3, 0.4) is 0 Å². The van der Waals surface area contributed by atoms with E-state index in [4.69, 9.17) is 5.11 Å². The Hall–Kier alpha value is -2.16.